The standard InChI is InChI=1S/C27H34N2O2/c1-22-7-9-23(10-8-22)17-25(30)29-14-11-26(12-15-29)19-28(18-24-5-3-2-4-6-24)20-27(26)13-16-31-21-27/h2-10H,11-21H2,1H3/t27-/m0/s1. The topological polar surface area (TPSA) is 32.8 Å². The minimum Gasteiger partial charge on any atom is -0.381 e. The summed E-state index contributed by atoms with van der Waals surface area (Å²) in [6, 6.07) is 19.2. The summed E-state index contributed by atoms with van der Waals surface area (Å²) in [7, 11) is 0. The summed E-state index contributed by atoms with van der Waals surface area (Å²) in [5.74, 6) is 0.273. The van der Waals surface area contributed by atoms with Gasteiger partial charge in [-0.05, 0) is 42.7 Å². The average Bonchev–Trinajstić information content (AvgIpc) is 3.37. The van der Waals surface area contributed by atoms with Crippen molar-refractivity contribution in [2.24, 2.45) is 10.8 Å². The minimum atomic E-state index is 0.258. The number of carbonyl (C=O) groups is 1. The first-order chi connectivity index (χ1) is 15.1. The molecule has 1 atom stereocenters. The fraction of sp³-hybridized carbons (Fsp3) is 0.519. The van der Waals surface area contributed by atoms with Gasteiger partial charge in [-0.2, -0.15) is 0 Å². The first-order valence-corrected chi connectivity index (χ1v) is 11.8. The molecule has 0 N–H and O–H groups in total. The van der Waals surface area contributed by atoms with Crippen molar-refractivity contribution in [2.75, 3.05) is 39.4 Å². The van der Waals surface area contributed by atoms with Gasteiger partial charge >= 0.3 is 0 Å². The van der Waals surface area contributed by atoms with Gasteiger partial charge in [0.1, 0.15) is 0 Å². The number of likely N-dealkylation sites (tertiary alicyclic amines) is 2. The van der Waals surface area contributed by atoms with Crippen molar-refractivity contribution in [3.8, 4) is 0 Å². The van der Waals surface area contributed by atoms with Crippen molar-refractivity contribution in [3.63, 3.8) is 0 Å². The molecule has 0 unspecified atom stereocenters. The van der Waals surface area contributed by atoms with E-state index in [1.165, 1.54) is 11.1 Å². The summed E-state index contributed by atoms with van der Waals surface area (Å²) in [6.45, 7) is 8.88. The molecule has 164 valence electrons. The monoisotopic (exact) mass is 418 g/mol. The second kappa shape index (κ2) is 8.40. The number of carbonyl (C=O) groups excluding carboxylic acids is 1. The Balaban J connectivity index is 1.26. The van der Waals surface area contributed by atoms with Crippen LogP contribution >= 0.6 is 0 Å². The molecule has 3 saturated heterocycles. The first kappa shape index (κ1) is 20.7. The molecule has 0 radical (unpaired) electrons. The first-order valence-electron chi connectivity index (χ1n) is 11.8. The highest BCUT2D eigenvalue weighted by molar-refractivity contribution is 5.78. The molecule has 4 heteroatoms. The van der Waals surface area contributed by atoms with Gasteiger partial charge in [-0.1, -0.05) is 60.2 Å². The van der Waals surface area contributed by atoms with Crippen LogP contribution in [0.4, 0.5) is 0 Å². The quantitative estimate of drug-likeness (QED) is 0.750. The summed E-state index contributed by atoms with van der Waals surface area (Å²) < 4.78 is 5.96. The lowest BCUT2D eigenvalue weighted by atomic mass is 9.60. The third-order valence-electron chi connectivity index (χ3n) is 8.08. The zero-order valence-electron chi connectivity index (χ0n) is 18.7. The van der Waals surface area contributed by atoms with E-state index in [2.05, 4.69) is 71.3 Å². The molecule has 3 aliphatic rings. The number of piperidine rings is 1. The van der Waals surface area contributed by atoms with Crippen LogP contribution in [0.5, 0.6) is 0 Å². The number of aryl methyl sites for hydroxylation is 1. The Hall–Kier alpha value is -2.17. The van der Waals surface area contributed by atoms with E-state index in [-0.39, 0.29) is 16.7 Å². The largest absolute Gasteiger partial charge is 0.381 e. The van der Waals surface area contributed by atoms with E-state index >= 15 is 0 Å². The zero-order valence-corrected chi connectivity index (χ0v) is 18.7. The van der Waals surface area contributed by atoms with E-state index in [9.17, 15) is 4.79 Å². The van der Waals surface area contributed by atoms with Crippen LogP contribution in [0.15, 0.2) is 54.6 Å². The second-order valence-electron chi connectivity index (χ2n) is 10.0. The van der Waals surface area contributed by atoms with Gasteiger partial charge in [0.15, 0.2) is 0 Å². The molecule has 3 heterocycles. The molecule has 0 bridgehead atoms. The van der Waals surface area contributed by atoms with Crippen molar-refractivity contribution in [1.82, 2.24) is 9.80 Å². The zero-order chi connectivity index (χ0) is 21.3. The molecule has 0 aromatic heterocycles. The number of fused-ring (bicyclic) bond motifs is 1. The van der Waals surface area contributed by atoms with Crippen LogP contribution in [0.2, 0.25) is 0 Å². The normalized spacial score (nSPS) is 25.5. The fourth-order valence-corrected chi connectivity index (χ4v) is 6.22. The molecule has 31 heavy (non-hydrogen) atoms. The summed E-state index contributed by atoms with van der Waals surface area (Å²) in [6.07, 6.45) is 3.87. The molecular weight excluding hydrogens is 384 g/mol. The number of ether oxygens (including phenoxy) is 1. The third kappa shape index (κ3) is 4.04. The summed E-state index contributed by atoms with van der Waals surface area (Å²) in [5, 5.41) is 0. The average molecular weight is 419 g/mol. The van der Waals surface area contributed by atoms with Crippen LogP contribution < -0.4 is 0 Å². The van der Waals surface area contributed by atoms with Crippen molar-refractivity contribution < 1.29 is 9.53 Å². The highest BCUT2D eigenvalue weighted by atomic mass is 16.5. The summed E-state index contributed by atoms with van der Waals surface area (Å²) >= 11 is 0. The molecule has 2 aromatic rings. The number of rotatable bonds is 4. The van der Waals surface area contributed by atoms with Crippen molar-refractivity contribution >= 4 is 5.91 Å². The Labute approximate surface area is 186 Å². The lowest BCUT2D eigenvalue weighted by molar-refractivity contribution is -0.134. The van der Waals surface area contributed by atoms with Gasteiger partial charge < -0.3 is 9.64 Å². The van der Waals surface area contributed by atoms with E-state index < -0.39 is 0 Å². The number of benzene rings is 2. The summed E-state index contributed by atoms with van der Waals surface area (Å²) in [5.41, 5.74) is 4.28. The predicted molar refractivity (Wildman–Crippen MR) is 123 cm³/mol. The Kier molecular flexibility index (Phi) is 5.61. The van der Waals surface area contributed by atoms with Gasteiger partial charge in [0, 0.05) is 44.7 Å². The van der Waals surface area contributed by atoms with Gasteiger partial charge in [0.05, 0.1) is 13.0 Å². The molecule has 2 spiro atoms. The Morgan fingerprint density at radius 3 is 2.29 bits per heavy atom. The van der Waals surface area contributed by atoms with Crippen LogP contribution in [0.1, 0.15) is 36.0 Å². The molecule has 2 aromatic carbocycles. The van der Waals surface area contributed by atoms with Crippen molar-refractivity contribution in [2.45, 2.75) is 39.2 Å². The molecule has 3 aliphatic heterocycles. The van der Waals surface area contributed by atoms with E-state index in [1.54, 1.807) is 0 Å². The minimum absolute atomic E-state index is 0.258. The lowest BCUT2D eigenvalue weighted by Gasteiger charge is -2.47. The third-order valence-corrected chi connectivity index (χ3v) is 8.08. The number of hydrogen-bond donors (Lipinski definition) is 0. The maximum Gasteiger partial charge on any atom is 0.226 e. The number of hydrogen-bond acceptors (Lipinski definition) is 3. The van der Waals surface area contributed by atoms with Gasteiger partial charge in [0.2, 0.25) is 5.91 Å². The highest BCUT2D eigenvalue weighted by Crippen LogP contribution is 2.57. The molecule has 0 aliphatic carbocycles. The Bertz CT molecular complexity index is 895. The number of amides is 1. The van der Waals surface area contributed by atoms with E-state index in [1.807, 2.05) is 0 Å². The maximum absolute atomic E-state index is 13.0. The van der Waals surface area contributed by atoms with Gasteiger partial charge in [-0.3, -0.25) is 9.69 Å². The SMILES string of the molecule is Cc1ccc(CC(=O)N2CCC3(CC2)CN(Cc2ccccc2)C[C@]32CCOC2)cc1. The van der Waals surface area contributed by atoms with E-state index in [0.717, 1.165) is 70.8 Å². The van der Waals surface area contributed by atoms with Crippen molar-refractivity contribution in [3.05, 3.63) is 71.3 Å². The molecule has 4 nitrogen and oxygen atoms in total. The predicted octanol–water partition coefficient (Wildman–Crippen LogP) is 4.07. The molecule has 0 saturated carbocycles. The lowest BCUT2D eigenvalue weighted by Crippen LogP contribution is -2.51. The van der Waals surface area contributed by atoms with Crippen LogP contribution in [-0.2, 0) is 22.5 Å². The molecule has 5 rings (SSSR count). The molecule has 3 fully saturated rings. The van der Waals surface area contributed by atoms with Crippen LogP contribution in [0.3, 0.4) is 0 Å². The Morgan fingerprint density at radius 1 is 0.903 bits per heavy atom. The van der Waals surface area contributed by atoms with Gasteiger partial charge in [0.25, 0.3) is 0 Å². The summed E-state index contributed by atoms with van der Waals surface area (Å²) in [4.78, 5) is 17.7. The van der Waals surface area contributed by atoms with Crippen molar-refractivity contribution in [1.29, 1.82) is 0 Å². The van der Waals surface area contributed by atoms with E-state index in [0.29, 0.717) is 6.42 Å². The van der Waals surface area contributed by atoms with E-state index in [4.69, 9.17) is 4.74 Å². The maximum atomic E-state index is 13.0. The fourth-order valence-electron chi connectivity index (χ4n) is 6.22. The second-order valence-corrected chi connectivity index (χ2v) is 10.0. The van der Waals surface area contributed by atoms with Crippen LogP contribution in [0, 0.1) is 17.8 Å². The molecular formula is C27H34N2O2. The van der Waals surface area contributed by atoms with Gasteiger partial charge in [-0.15, -0.1) is 0 Å². The van der Waals surface area contributed by atoms with Crippen LogP contribution in [-0.4, -0.2) is 55.1 Å². The molecule has 1 amide bonds. The Morgan fingerprint density at radius 2 is 1.61 bits per heavy atom. The smallest absolute Gasteiger partial charge is 0.226 e. The highest BCUT2D eigenvalue weighted by Gasteiger charge is 2.59. The number of nitrogens with zero attached hydrogens (tertiary/aromatic N) is 2. The van der Waals surface area contributed by atoms with Crippen LogP contribution in [0.25, 0.3) is 0 Å². The van der Waals surface area contributed by atoms with Gasteiger partial charge in [-0.25, -0.2) is 0 Å².